The van der Waals surface area contributed by atoms with Crippen molar-refractivity contribution in [2.75, 3.05) is 5.75 Å². The molecule has 0 spiro atoms. The summed E-state index contributed by atoms with van der Waals surface area (Å²) in [5.74, 6) is 0.177. The number of hydrogen-bond acceptors (Lipinski definition) is 5. The van der Waals surface area contributed by atoms with Crippen molar-refractivity contribution in [2.24, 2.45) is 0 Å². The van der Waals surface area contributed by atoms with Gasteiger partial charge in [0.1, 0.15) is 4.83 Å². The Bertz CT molecular complexity index is 1820. The number of thiophene rings is 1. The Labute approximate surface area is 222 Å². The Balaban J connectivity index is 1.44. The van der Waals surface area contributed by atoms with Crippen LogP contribution in [0.4, 0.5) is 0 Å². The molecule has 0 saturated carbocycles. The Morgan fingerprint density at radius 3 is 2.30 bits per heavy atom. The Morgan fingerprint density at radius 2 is 1.54 bits per heavy atom. The zero-order valence-electron chi connectivity index (χ0n) is 20.0. The fourth-order valence-corrected chi connectivity index (χ4v) is 6.57. The monoisotopic (exact) mass is 518 g/mol. The molecule has 2 aromatic heterocycles. The molecule has 2 heterocycles. The van der Waals surface area contributed by atoms with Gasteiger partial charge >= 0.3 is 0 Å². The molecule has 0 aliphatic rings. The topological polar surface area (TPSA) is 52.0 Å². The van der Waals surface area contributed by atoms with Gasteiger partial charge in [0.15, 0.2) is 10.9 Å². The molecule has 4 aromatic carbocycles. The highest BCUT2D eigenvalue weighted by Crippen LogP contribution is 2.37. The van der Waals surface area contributed by atoms with Gasteiger partial charge in [-0.25, -0.2) is 4.98 Å². The molecule has 0 bridgehead atoms. The number of carbonyl (C=O) groups excluding carboxylic acids is 1. The molecule has 37 heavy (non-hydrogen) atoms. The number of ketones is 1. The van der Waals surface area contributed by atoms with Crippen molar-refractivity contribution in [1.29, 1.82) is 0 Å². The fraction of sp³-hybridized carbons (Fsp3) is 0.0645. The molecule has 6 rings (SSSR count). The number of Topliss-reactive ketones (excluding diaryl/α,β-unsaturated/α-hetero) is 1. The molecule has 0 atom stereocenters. The highest BCUT2D eigenvalue weighted by molar-refractivity contribution is 7.99. The third-order valence-electron chi connectivity index (χ3n) is 6.35. The number of thioether (sulfide) groups is 1. The number of aromatic nitrogens is 2. The van der Waals surface area contributed by atoms with Gasteiger partial charge in [-0.2, -0.15) is 0 Å². The molecule has 0 unspecified atom stereocenters. The number of fused-ring (bicyclic) bond motifs is 2. The molecular formula is C31H22N2O2S2. The minimum Gasteiger partial charge on any atom is -0.293 e. The molecule has 6 heteroatoms. The van der Waals surface area contributed by atoms with Gasteiger partial charge in [0.2, 0.25) is 0 Å². The molecule has 6 aromatic rings. The lowest BCUT2D eigenvalue weighted by atomic mass is 10.0. The Hall–Kier alpha value is -4.00. The summed E-state index contributed by atoms with van der Waals surface area (Å²) in [6.07, 6.45) is 0. The quantitative estimate of drug-likeness (QED) is 0.130. The maximum Gasteiger partial charge on any atom is 0.268 e. The molecule has 0 saturated heterocycles. The van der Waals surface area contributed by atoms with Crippen LogP contribution in [0.2, 0.25) is 0 Å². The first-order valence-corrected chi connectivity index (χ1v) is 13.7. The van der Waals surface area contributed by atoms with E-state index < -0.39 is 0 Å². The van der Waals surface area contributed by atoms with E-state index in [-0.39, 0.29) is 17.1 Å². The predicted molar refractivity (Wildman–Crippen MR) is 154 cm³/mol. The SMILES string of the molecule is Cc1sc2nc(SCC(=O)c3ccc4ccccc4c3)n(-c3ccccc3)c(=O)c2c1-c1ccccc1. The van der Waals surface area contributed by atoms with Gasteiger partial charge in [0, 0.05) is 16.0 Å². The summed E-state index contributed by atoms with van der Waals surface area (Å²) in [5, 5.41) is 3.25. The average Bonchev–Trinajstić information content (AvgIpc) is 3.28. The van der Waals surface area contributed by atoms with Crippen molar-refractivity contribution in [2.45, 2.75) is 12.1 Å². The molecule has 0 N–H and O–H groups in total. The van der Waals surface area contributed by atoms with Crippen LogP contribution in [0.1, 0.15) is 15.2 Å². The van der Waals surface area contributed by atoms with Crippen LogP contribution in [-0.4, -0.2) is 21.1 Å². The fourth-order valence-electron chi connectivity index (χ4n) is 4.57. The lowest BCUT2D eigenvalue weighted by molar-refractivity contribution is 0.102. The summed E-state index contributed by atoms with van der Waals surface area (Å²) in [6, 6.07) is 33.2. The van der Waals surface area contributed by atoms with Crippen LogP contribution in [0.25, 0.3) is 37.8 Å². The minimum atomic E-state index is -0.125. The number of benzene rings is 4. The van der Waals surface area contributed by atoms with E-state index in [2.05, 4.69) is 0 Å². The van der Waals surface area contributed by atoms with E-state index in [4.69, 9.17) is 4.98 Å². The first kappa shape index (κ1) is 23.4. The van der Waals surface area contributed by atoms with Crippen molar-refractivity contribution in [3.63, 3.8) is 0 Å². The van der Waals surface area contributed by atoms with Crippen LogP contribution >= 0.6 is 23.1 Å². The third-order valence-corrected chi connectivity index (χ3v) is 8.29. The molecular weight excluding hydrogens is 496 g/mol. The van der Waals surface area contributed by atoms with Crippen LogP contribution in [0.5, 0.6) is 0 Å². The van der Waals surface area contributed by atoms with Gasteiger partial charge in [0.25, 0.3) is 5.56 Å². The third kappa shape index (κ3) is 4.39. The largest absolute Gasteiger partial charge is 0.293 e. The van der Waals surface area contributed by atoms with Gasteiger partial charge in [0.05, 0.1) is 16.8 Å². The molecule has 0 fully saturated rings. The zero-order valence-corrected chi connectivity index (χ0v) is 21.7. The van der Waals surface area contributed by atoms with Crippen LogP contribution in [-0.2, 0) is 0 Å². The normalized spacial score (nSPS) is 11.3. The van der Waals surface area contributed by atoms with E-state index in [0.29, 0.717) is 20.9 Å². The predicted octanol–water partition coefficient (Wildman–Crippen LogP) is 7.55. The second kappa shape index (κ2) is 9.81. The van der Waals surface area contributed by atoms with E-state index in [1.54, 1.807) is 4.57 Å². The van der Waals surface area contributed by atoms with Gasteiger partial charge in [-0.05, 0) is 41.5 Å². The van der Waals surface area contributed by atoms with Crippen LogP contribution in [0.15, 0.2) is 113 Å². The summed E-state index contributed by atoms with van der Waals surface area (Å²) in [7, 11) is 0. The van der Waals surface area contributed by atoms with Crippen molar-refractivity contribution in [3.8, 4) is 16.8 Å². The van der Waals surface area contributed by atoms with Crippen molar-refractivity contribution >= 4 is 49.9 Å². The molecule has 4 nitrogen and oxygen atoms in total. The summed E-state index contributed by atoms with van der Waals surface area (Å²) < 4.78 is 1.64. The van der Waals surface area contributed by atoms with Crippen molar-refractivity contribution in [1.82, 2.24) is 9.55 Å². The summed E-state index contributed by atoms with van der Waals surface area (Å²) in [5.41, 5.74) is 3.17. The molecule has 0 radical (unpaired) electrons. The first-order chi connectivity index (χ1) is 18.1. The maximum atomic E-state index is 14.0. The number of rotatable bonds is 6. The van der Waals surface area contributed by atoms with E-state index in [0.717, 1.165) is 32.5 Å². The minimum absolute atomic E-state index is 0.00274. The van der Waals surface area contributed by atoms with Crippen molar-refractivity contribution in [3.05, 3.63) is 124 Å². The number of hydrogen-bond donors (Lipinski definition) is 0. The summed E-state index contributed by atoms with van der Waals surface area (Å²) in [4.78, 5) is 33.9. The Morgan fingerprint density at radius 1 is 0.865 bits per heavy atom. The second-order valence-electron chi connectivity index (χ2n) is 8.72. The van der Waals surface area contributed by atoms with Gasteiger partial charge in [-0.3, -0.25) is 14.2 Å². The molecule has 0 aliphatic carbocycles. The summed E-state index contributed by atoms with van der Waals surface area (Å²) >= 11 is 2.81. The average molecular weight is 519 g/mol. The Kier molecular flexibility index (Phi) is 6.20. The zero-order chi connectivity index (χ0) is 25.4. The van der Waals surface area contributed by atoms with E-state index in [9.17, 15) is 9.59 Å². The smallest absolute Gasteiger partial charge is 0.268 e. The van der Waals surface area contributed by atoms with E-state index >= 15 is 0 Å². The van der Waals surface area contributed by atoms with Gasteiger partial charge in [-0.15, -0.1) is 11.3 Å². The summed E-state index contributed by atoms with van der Waals surface area (Å²) in [6.45, 7) is 2.02. The van der Waals surface area contributed by atoms with Gasteiger partial charge < -0.3 is 0 Å². The van der Waals surface area contributed by atoms with Crippen molar-refractivity contribution < 1.29 is 4.79 Å². The highest BCUT2D eigenvalue weighted by Gasteiger charge is 2.21. The number of nitrogens with zero attached hydrogens (tertiary/aromatic N) is 2. The van der Waals surface area contributed by atoms with Crippen LogP contribution in [0, 0.1) is 6.92 Å². The van der Waals surface area contributed by atoms with E-state index in [1.165, 1.54) is 23.1 Å². The number of carbonyl (C=O) groups is 1. The molecule has 0 amide bonds. The first-order valence-electron chi connectivity index (χ1n) is 11.9. The van der Waals surface area contributed by atoms with Gasteiger partial charge in [-0.1, -0.05) is 96.7 Å². The van der Waals surface area contributed by atoms with Crippen LogP contribution < -0.4 is 5.56 Å². The highest BCUT2D eigenvalue weighted by atomic mass is 32.2. The lowest BCUT2D eigenvalue weighted by Crippen LogP contribution is -2.22. The number of para-hydroxylation sites is 1. The molecule has 0 aliphatic heterocycles. The maximum absolute atomic E-state index is 14.0. The number of aryl methyl sites for hydroxylation is 1. The van der Waals surface area contributed by atoms with E-state index in [1.807, 2.05) is 110 Å². The standard InChI is InChI=1S/C31H22N2O2S2/c1-20-27(22-11-4-2-5-12-22)28-29(37-20)32-31(33(30(28)35)25-14-6-3-7-15-25)36-19-26(34)24-17-16-21-10-8-9-13-23(21)18-24/h2-18H,19H2,1H3. The second-order valence-corrected chi connectivity index (χ2v) is 10.9. The molecule has 180 valence electrons. The van der Waals surface area contributed by atoms with Crippen LogP contribution in [0.3, 0.4) is 0 Å². The lowest BCUT2D eigenvalue weighted by Gasteiger charge is -2.12.